The lowest BCUT2D eigenvalue weighted by atomic mass is 9.77. The monoisotopic (exact) mass is 974 g/mol. The summed E-state index contributed by atoms with van der Waals surface area (Å²) in [4.78, 5) is 2.80. The fourth-order valence-electron chi connectivity index (χ4n) is 16.5. The molecule has 1 nitrogen and oxygen atoms in total. The molecule has 0 radical (unpaired) electrons. The predicted molar refractivity (Wildman–Crippen MR) is 318 cm³/mol. The van der Waals surface area contributed by atoms with E-state index >= 15 is 0 Å². The van der Waals surface area contributed by atoms with Crippen LogP contribution in [0, 0.1) is 0 Å². The van der Waals surface area contributed by atoms with E-state index < -0.39 is 0 Å². The van der Waals surface area contributed by atoms with E-state index in [0.29, 0.717) is 11.8 Å². The quantitative estimate of drug-likeness (QED) is 0.166. The minimum atomic E-state index is -0.201. The summed E-state index contributed by atoms with van der Waals surface area (Å²) in [6.07, 6.45) is 13.0. The third kappa shape index (κ3) is 6.31. The van der Waals surface area contributed by atoms with Gasteiger partial charge in [-0.1, -0.05) is 197 Å². The van der Waals surface area contributed by atoms with Crippen molar-refractivity contribution in [3.05, 3.63) is 207 Å². The van der Waals surface area contributed by atoms with Crippen LogP contribution in [0.4, 0.5) is 17.1 Å². The van der Waals surface area contributed by atoms with Gasteiger partial charge in [0.1, 0.15) is 0 Å². The van der Waals surface area contributed by atoms with Gasteiger partial charge in [0.2, 0.25) is 0 Å². The van der Waals surface area contributed by atoms with Gasteiger partial charge in [-0.15, -0.1) is 0 Å². The maximum Gasteiger partial charge on any atom is 0.0531 e. The highest BCUT2D eigenvalue weighted by Gasteiger charge is 2.45. The van der Waals surface area contributed by atoms with Crippen molar-refractivity contribution in [1.29, 1.82) is 0 Å². The molecule has 0 amide bonds. The molecule has 0 atom stereocenters. The highest BCUT2D eigenvalue weighted by atomic mass is 15.1. The van der Waals surface area contributed by atoms with E-state index in [1.54, 1.807) is 11.1 Å². The Hall–Kier alpha value is -6.70. The molecular formula is C74H71N. The molecule has 372 valence electrons. The molecule has 9 aromatic carbocycles. The van der Waals surface area contributed by atoms with E-state index in [1.165, 1.54) is 192 Å². The Morgan fingerprint density at radius 1 is 0.320 bits per heavy atom. The van der Waals surface area contributed by atoms with Crippen LogP contribution in [-0.4, -0.2) is 0 Å². The second-order valence-electron chi connectivity index (χ2n) is 26.1. The van der Waals surface area contributed by atoms with Gasteiger partial charge in [0.05, 0.1) is 5.69 Å². The SMILES string of the molecule is CC1(C)c2cc(N(c3ccc4c(c3)C(C)(C)c3cc5c(cc3-4)C(C)(C)c3ccc4ccccc4c3-5)c3c(C4CCCCC4)cccc3C3CCCCC3)ccc2-c2cc3c(cc21)-c1c(ccc2ccccc12)C3(C)C. The van der Waals surface area contributed by atoms with Gasteiger partial charge in [0.15, 0.2) is 0 Å². The molecule has 0 N–H and O–H groups in total. The first kappa shape index (κ1) is 45.7. The van der Waals surface area contributed by atoms with Gasteiger partial charge in [0.25, 0.3) is 0 Å². The van der Waals surface area contributed by atoms with Crippen molar-refractivity contribution in [3.63, 3.8) is 0 Å². The molecule has 1 heteroatoms. The van der Waals surface area contributed by atoms with Gasteiger partial charge in [-0.05, 0) is 208 Å². The van der Waals surface area contributed by atoms with Gasteiger partial charge in [-0.3, -0.25) is 0 Å². The average molecular weight is 974 g/mol. The lowest BCUT2D eigenvalue weighted by Gasteiger charge is -2.37. The number of benzene rings is 9. The normalized spacial score (nSPS) is 19.0. The summed E-state index contributed by atoms with van der Waals surface area (Å²) in [5.74, 6) is 1.11. The first-order chi connectivity index (χ1) is 36.2. The summed E-state index contributed by atoms with van der Waals surface area (Å²) in [6.45, 7) is 19.8. The number of para-hydroxylation sites is 1. The zero-order valence-electron chi connectivity index (χ0n) is 45.6. The molecule has 0 unspecified atom stereocenters. The Morgan fingerprint density at radius 2 is 0.693 bits per heavy atom. The minimum Gasteiger partial charge on any atom is -0.310 e. The van der Waals surface area contributed by atoms with Gasteiger partial charge < -0.3 is 4.90 Å². The van der Waals surface area contributed by atoms with Gasteiger partial charge in [-0.25, -0.2) is 0 Å². The molecule has 0 heterocycles. The Bertz CT molecular complexity index is 3660. The van der Waals surface area contributed by atoms with Crippen LogP contribution in [-0.2, 0) is 21.7 Å². The molecule has 9 aromatic rings. The third-order valence-electron chi connectivity index (χ3n) is 20.6. The third-order valence-corrected chi connectivity index (χ3v) is 20.6. The molecule has 2 fully saturated rings. The summed E-state index contributed by atoms with van der Waals surface area (Å²) in [5, 5.41) is 5.37. The molecule has 6 aliphatic rings. The molecule has 2 saturated carbocycles. The Morgan fingerprint density at radius 3 is 1.13 bits per heavy atom. The van der Waals surface area contributed by atoms with Crippen molar-refractivity contribution in [2.75, 3.05) is 4.90 Å². The predicted octanol–water partition coefficient (Wildman–Crippen LogP) is 20.8. The van der Waals surface area contributed by atoms with E-state index in [0.717, 1.165) is 0 Å². The smallest absolute Gasteiger partial charge is 0.0531 e. The molecule has 75 heavy (non-hydrogen) atoms. The highest BCUT2D eigenvalue weighted by Crippen LogP contribution is 2.61. The summed E-state index contributed by atoms with van der Waals surface area (Å²) >= 11 is 0. The van der Waals surface area contributed by atoms with Crippen LogP contribution in [0.15, 0.2) is 152 Å². The molecule has 15 rings (SSSR count). The molecule has 0 aromatic heterocycles. The van der Waals surface area contributed by atoms with E-state index in [-0.39, 0.29) is 21.7 Å². The maximum absolute atomic E-state index is 2.80. The van der Waals surface area contributed by atoms with Crippen LogP contribution in [0.3, 0.4) is 0 Å². The summed E-state index contributed by atoms with van der Waals surface area (Å²) < 4.78 is 0. The van der Waals surface area contributed by atoms with Crippen molar-refractivity contribution < 1.29 is 0 Å². The number of hydrogen-bond acceptors (Lipinski definition) is 1. The minimum absolute atomic E-state index is 0.0953. The summed E-state index contributed by atoms with van der Waals surface area (Å²) in [5.41, 5.74) is 29.5. The first-order valence-electron chi connectivity index (χ1n) is 28.9. The Kier molecular flexibility index (Phi) is 9.70. The number of nitrogens with zero attached hydrogens (tertiary/aromatic N) is 1. The molecule has 6 aliphatic carbocycles. The number of fused-ring (bicyclic) bond motifs is 16. The fraction of sp³-hybridized carbons (Fsp3) is 0.324. The molecule has 0 spiro atoms. The largest absolute Gasteiger partial charge is 0.310 e. The van der Waals surface area contributed by atoms with Crippen LogP contribution in [0.5, 0.6) is 0 Å². The summed E-state index contributed by atoms with van der Waals surface area (Å²) in [6, 6.07) is 60.8. The number of rotatable bonds is 5. The number of anilines is 3. The maximum atomic E-state index is 2.80. The fourth-order valence-corrected chi connectivity index (χ4v) is 16.5. The first-order valence-corrected chi connectivity index (χ1v) is 28.9. The van der Waals surface area contributed by atoms with Gasteiger partial charge in [0, 0.05) is 33.0 Å². The van der Waals surface area contributed by atoms with E-state index in [1.807, 2.05) is 0 Å². The Balaban J connectivity index is 0.924. The number of hydrogen-bond donors (Lipinski definition) is 0. The molecule has 0 aliphatic heterocycles. The molecule has 0 saturated heterocycles. The zero-order chi connectivity index (χ0) is 50.9. The van der Waals surface area contributed by atoms with Crippen molar-refractivity contribution >= 4 is 38.6 Å². The second kappa shape index (κ2) is 15.9. The lowest BCUT2D eigenvalue weighted by molar-refractivity contribution is 0.436. The van der Waals surface area contributed by atoms with Crippen molar-refractivity contribution in [1.82, 2.24) is 0 Å². The van der Waals surface area contributed by atoms with Crippen LogP contribution in [0.1, 0.15) is 187 Å². The van der Waals surface area contributed by atoms with Crippen molar-refractivity contribution in [2.45, 2.75) is 153 Å². The highest BCUT2D eigenvalue weighted by molar-refractivity contribution is 6.05. The van der Waals surface area contributed by atoms with E-state index in [9.17, 15) is 0 Å². The van der Waals surface area contributed by atoms with E-state index in [4.69, 9.17) is 0 Å². The molecule has 0 bridgehead atoms. The van der Waals surface area contributed by atoms with Crippen LogP contribution in [0.2, 0.25) is 0 Å². The lowest BCUT2D eigenvalue weighted by Crippen LogP contribution is -2.21. The van der Waals surface area contributed by atoms with Crippen molar-refractivity contribution in [3.8, 4) is 44.5 Å². The standard InChI is InChI=1S/C74H71N/c1-71(2)60-36-30-46-24-15-17-26-50(46)68(60)58-42-64-56(40-66(58)71)54-34-32-48(38-62(54)73(64,5)6)75(70-52(44-20-11-9-12-21-44)28-19-29-53(70)45-22-13-10-14-23-45)49-33-35-55-57-41-67-59(43-65(57)74(7,8)63(55)39-49)69-51-27-18-16-25-47(51)31-37-61(69)72(67,3)4/h15-19,24-45H,9-14,20-23H2,1-8H3. The van der Waals surface area contributed by atoms with Crippen molar-refractivity contribution in [2.24, 2.45) is 0 Å². The second-order valence-corrected chi connectivity index (χ2v) is 26.1. The van der Waals surface area contributed by atoms with Crippen LogP contribution >= 0.6 is 0 Å². The average Bonchev–Trinajstić information content (AvgIpc) is 4.00. The van der Waals surface area contributed by atoms with E-state index in [2.05, 4.69) is 212 Å². The Labute approximate surface area is 446 Å². The molecular weight excluding hydrogens is 903 g/mol. The topological polar surface area (TPSA) is 3.24 Å². The van der Waals surface area contributed by atoms with Gasteiger partial charge >= 0.3 is 0 Å². The van der Waals surface area contributed by atoms with Crippen LogP contribution < -0.4 is 4.90 Å². The summed E-state index contributed by atoms with van der Waals surface area (Å²) in [7, 11) is 0. The zero-order valence-corrected chi connectivity index (χ0v) is 45.6. The van der Waals surface area contributed by atoms with Gasteiger partial charge in [-0.2, -0.15) is 0 Å². The van der Waals surface area contributed by atoms with Crippen LogP contribution in [0.25, 0.3) is 66.1 Å².